The van der Waals surface area contributed by atoms with Crippen molar-refractivity contribution in [2.24, 2.45) is 0 Å². The van der Waals surface area contributed by atoms with E-state index in [1.807, 2.05) is 36.1 Å². The first-order valence-corrected chi connectivity index (χ1v) is 7.93. The first-order chi connectivity index (χ1) is 11.1. The molecule has 0 radical (unpaired) electrons. The molecule has 7 heteroatoms. The van der Waals surface area contributed by atoms with Crippen LogP contribution in [0.15, 0.2) is 35.1 Å². The molecule has 1 aliphatic heterocycles. The predicted molar refractivity (Wildman–Crippen MR) is 88.7 cm³/mol. The quantitative estimate of drug-likeness (QED) is 0.937. The van der Waals surface area contributed by atoms with Crippen LogP contribution in [0.2, 0.25) is 5.02 Å². The van der Waals surface area contributed by atoms with Gasteiger partial charge in [-0.3, -0.25) is 0 Å². The Morgan fingerprint density at radius 1 is 1.35 bits per heavy atom. The summed E-state index contributed by atoms with van der Waals surface area (Å²) >= 11 is 6.03. The van der Waals surface area contributed by atoms with E-state index < -0.39 is 0 Å². The molecule has 0 saturated carbocycles. The van der Waals surface area contributed by atoms with E-state index in [4.69, 9.17) is 16.0 Å². The molecule has 2 heterocycles. The zero-order valence-corrected chi connectivity index (χ0v) is 13.7. The number of carbonyl (C=O) groups is 1. The summed E-state index contributed by atoms with van der Waals surface area (Å²) < 4.78 is 5.12. The maximum Gasteiger partial charge on any atom is 0.317 e. The average Bonchev–Trinajstić information content (AvgIpc) is 2.98. The van der Waals surface area contributed by atoms with Gasteiger partial charge in [0.2, 0.25) is 0 Å². The number of hydrogen-bond acceptors (Lipinski definition) is 4. The van der Waals surface area contributed by atoms with Gasteiger partial charge >= 0.3 is 6.03 Å². The molecule has 0 atom stereocenters. The SMILES string of the molecule is Cc1ocnc1CNC(=O)N1CCN(c2cccc(Cl)c2)CC1. The number of oxazole rings is 1. The van der Waals surface area contributed by atoms with E-state index in [2.05, 4.69) is 15.2 Å². The highest BCUT2D eigenvalue weighted by molar-refractivity contribution is 6.30. The van der Waals surface area contributed by atoms with Crippen LogP contribution in [0.25, 0.3) is 0 Å². The minimum atomic E-state index is -0.0712. The molecule has 1 aliphatic rings. The van der Waals surface area contributed by atoms with Gasteiger partial charge in [0, 0.05) is 36.9 Å². The van der Waals surface area contributed by atoms with Crippen LogP contribution in [0.5, 0.6) is 0 Å². The number of amides is 2. The Labute approximate surface area is 140 Å². The number of benzene rings is 1. The molecule has 0 unspecified atom stereocenters. The third-order valence-corrected chi connectivity index (χ3v) is 4.23. The lowest BCUT2D eigenvalue weighted by molar-refractivity contribution is 0.194. The van der Waals surface area contributed by atoms with Crippen molar-refractivity contribution in [3.05, 3.63) is 47.1 Å². The lowest BCUT2D eigenvalue weighted by Crippen LogP contribution is -2.51. The lowest BCUT2D eigenvalue weighted by atomic mass is 10.2. The maximum absolute atomic E-state index is 12.2. The highest BCUT2D eigenvalue weighted by Crippen LogP contribution is 2.20. The molecule has 0 bridgehead atoms. The lowest BCUT2D eigenvalue weighted by Gasteiger charge is -2.36. The fourth-order valence-corrected chi connectivity index (χ4v) is 2.79. The van der Waals surface area contributed by atoms with Crippen LogP contribution in [0, 0.1) is 6.92 Å². The maximum atomic E-state index is 12.2. The van der Waals surface area contributed by atoms with Gasteiger partial charge in [0.25, 0.3) is 0 Å². The average molecular weight is 335 g/mol. The summed E-state index contributed by atoms with van der Waals surface area (Å²) in [4.78, 5) is 20.3. The highest BCUT2D eigenvalue weighted by atomic mass is 35.5. The number of hydrogen-bond donors (Lipinski definition) is 1. The fourth-order valence-electron chi connectivity index (χ4n) is 2.61. The van der Waals surface area contributed by atoms with Crippen molar-refractivity contribution in [1.82, 2.24) is 15.2 Å². The zero-order chi connectivity index (χ0) is 16.2. The highest BCUT2D eigenvalue weighted by Gasteiger charge is 2.21. The summed E-state index contributed by atoms with van der Waals surface area (Å²) in [6.45, 7) is 5.15. The standard InChI is InChI=1S/C16H19ClN4O2/c1-12-15(19-11-23-12)10-18-16(22)21-7-5-20(6-8-21)14-4-2-3-13(17)9-14/h2-4,9,11H,5-8,10H2,1H3,(H,18,22). The van der Waals surface area contributed by atoms with Crippen LogP contribution >= 0.6 is 11.6 Å². The first kappa shape index (κ1) is 15.7. The monoisotopic (exact) mass is 334 g/mol. The van der Waals surface area contributed by atoms with E-state index in [0.717, 1.165) is 35.3 Å². The number of aromatic nitrogens is 1. The number of anilines is 1. The second-order valence-corrected chi connectivity index (χ2v) is 5.90. The van der Waals surface area contributed by atoms with Gasteiger partial charge in [-0.1, -0.05) is 17.7 Å². The summed E-state index contributed by atoms with van der Waals surface area (Å²) in [7, 11) is 0. The third-order valence-electron chi connectivity index (χ3n) is 3.99. The van der Waals surface area contributed by atoms with Crippen LogP contribution in [0.1, 0.15) is 11.5 Å². The molecule has 1 fully saturated rings. The number of urea groups is 1. The van der Waals surface area contributed by atoms with Crippen molar-refractivity contribution in [3.8, 4) is 0 Å². The Balaban J connectivity index is 1.50. The Hall–Kier alpha value is -2.21. The van der Waals surface area contributed by atoms with Crippen molar-refractivity contribution >= 4 is 23.3 Å². The minimum Gasteiger partial charge on any atom is -0.448 e. The van der Waals surface area contributed by atoms with Crippen LogP contribution in [0.3, 0.4) is 0 Å². The van der Waals surface area contributed by atoms with Gasteiger partial charge in [-0.25, -0.2) is 9.78 Å². The van der Waals surface area contributed by atoms with Crippen LogP contribution in [0.4, 0.5) is 10.5 Å². The van der Waals surface area contributed by atoms with Crippen LogP contribution in [-0.4, -0.2) is 42.1 Å². The minimum absolute atomic E-state index is 0.0712. The Bertz CT molecular complexity index is 680. The Kier molecular flexibility index (Phi) is 4.71. The second kappa shape index (κ2) is 6.91. The smallest absolute Gasteiger partial charge is 0.317 e. The number of halogens is 1. The molecule has 0 spiro atoms. The number of piperazine rings is 1. The second-order valence-electron chi connectivity index (χ2n) is 5.47. The first-order valence-electron chi connectivity index (χ1n) is 7.56. The van der Waals surface area contributed by atoms with Gasteiger partial charge in [-0.05, 0) is 25.1 Å². The molecule has 1 saturated heterocycles. The van der Waals surface area contributed by atoms with Crippen molar-refractivity contribution < 1.29 is 9.21 Å². The molecule has 1 aromatic heterocycles. The number of rotatable bonds is 3. The predicted octanol–water partition coefficient (Wildman–Crippen LogP) is 2.67. The number of carbonyl (C=O) groups excluding carboxylic acids is 1. The van der Waals surface area contributed by atoms with Gasteiger partial charge in [-0.2, -0.15) is 0 Å². The molecule has 2 aromatic rings. The molecule has 122 valence electrons. The molecular formula is C16H19ClN4O2. The fraction of sp³-hybridized carbons (Fsp3) is 0.375. The van der Waals surface area contributed by atoms with Gasteiger partial charge in [-0.15, -0.1) is 0 Å². The zero-order valence-electron chi connectivity index (χ0n) is 13.0. The molecule has 6 nitrogen and oxygen atoms in total. The van der Waals surface area contributed by atoms with E-state index in [0.29, 0.717) is 19.6 Å². The van der Waals surface area contributed by atoms with E-state index in [-0.39, 0.29) is 6.03 Å². The van der Waals surface area contributed by atoms with Crippen molar-refractivity contribution in [2.45, 2.75) is 13.5 Å². The molecule has 1 N–H and O–H groups in total. The summed E-state index contributed by atoms with van der Waals surface area (Å²) in [5.74, 6) is 0.732. The van der Waals surface area contributed by atoms with Gasteiger partial charge in [0.15, 0.2) is 6.39 Å². The molecular weight excluding hydrogens is 316 g/mol. The summed E-state index contributed by atoms with van der Waals surface area (Å²) in [5.41, 5.74) is 1.85. The number of nitrogens with zero attached hydrogens (tertiary/aromatic N) is 3. The van der Waals surface area contributed by atoms with Crippen molar-refractivity contribution in [2.75, 3.05) is 31.1 Å². The largest absolute Gasteiger partial charge is 0.448 e. The van der Waals surface area contributed by atoms with Gasteiger partial charge < -0.3 is 19.5 Å². The molecule has 2 amide bonds. The van der Waals surface area contributed by atoms with E-state index in [1.165, 1.54) is 6.39 Å². The Morgan fingerprint density at radius 2 is 2.13 bits per heavy atom. The normalized spacial score (nSPS) is 14.9. The van der Waals surface area contributed by atoms with Crippen LogP contribution < -0.4 is 10.2 Å². The summed E-state index contributed by atoms with van der Waals surface area (Å²) in [6.07, 6.45) is 1.39. The van der Waals surface area contributed by atoms with E-state index in [1.54, 1.807) is 0 Å². The topological polar surface area (TPSA) is 61.6 Å². The van der Waals surface area contributed by atoms with Crippen molar-refractivity contribution in [3.63, 3.8) is 0 Å². The summed E-state index contributed by atoms with van der Waals surface area (Å²) in [6, 6.07) is 7.72. The Morgan fingerprint density at radius 3 is 2.78 bits per heavy atom. The van der Waals surface area contributed by atoms with E-state index >= 15 is 0 Å². The van der Waals surface area contributed by atoms with Gasteiger partial charge in [0.1, 0.15) is 11.5 Å². The van der Waals surface area contributed by atoms with Gasteiger partial charge in [0.05, 0.1) is 6.54 Å². The van der Waals surface area contributed by atoms with E-state index in [9.17, 15) is 4.79 Å². The van der Waals surface area contributed by atoms with Crippen LogP contribution in [-0.2, 0) is 6.54 Å². The molecule has 23 heavy (non-hydrogen) atoms. The molecule has 3 rings (SSSR count). The van der Waals surface area contributed by atoms with Crippen molar-refractivity contribution in [1.29, 1.82) is 0 Å². The number of nitrogens with one attached hydrogen (secondary N) is 1. The molecule has 0 aliphatic carbocycles. The summed E-state index contributed by atoms with van der Waals surface area (Å²) in [5, 5.41) is 3.61. The third kappa shape index (κ3) is 3.76. The number of aryl methyl sites for hydroxylation is 1. The molecule has 1 aromatic carbocycles.